The number of amides is 1. The number of allylic oxidation sites excluding steroid dienone is 2. The minimum Gasteiger partial charge on any atom is -0.492 e. The summed E-state index contributed by atoms with van der Waals surface area (Å²) in [6, 6.07) is -1.11. The van der Waals surface area contributed by atoms with Gasteiger partial charge in [-0.15, -0.1) is 4.73 Å². The van der Waals surface area contributed by atoms with Crippen molar-refractivity contribution in [2.45, 2.75) is 44.6 Å². The van der Waals surface area contributed by atoms with E-state index >= 15 is 0 Å². The standard InChI is InChI=1S/C16H20N2O6/c1-7(2)5-10(15(21)22)17-16(23)24-18-13(19)11-8-3-4-9(6-8)12(11)14(18)20/h3-4,7-10,19-20H,5-6H2,1-2H3,(H,17,23)(H,21,22)/t8?,9?,10-/m0/s1. The van der Waals surface area contributed by atoms with Crippen LogP contribution in [0.1, 0.15) is 49.7 Å². The molecular formula is C16H20N2O6. The Bertz CT molecular complexity index is 685. The number of aliphatic carboxylic acids is 1. The average Bonchev–Trinajstić information content (AvgIpc) is 3.16. The van der Waals surface area contributed by atoms with Crippen LogP contribution in [0.15, 0.2) is 12.2 Å². The van der Waals surface area contributed by atoms with Crippen LogP contribution in [0.2, 0.25) is 0 Å². The van der Waals surface area contributed by atoms with Crippen LogP contribution in [0.5, 0.6) is 11.8 Å². The van der Waals surface area contributed by atoms with Gasteiger partial charge in [0.05, 0.1) is 0 Å². The lowest BCUT2D eigenvalue weighted by atomic mass is 10.0. The van der Waals surface area contributed by atoms with E-state index in [1.165, 1.54) is 0 Å². The number of carbonyl (C=O) groups excluding carboxylic acids is 1. The van der Waals surface area contributed by atoms with Crippen LogP contribution in [0.25, 0.3) is 0 Å². The number of nitrogens with one attached hydrogen (secondary N) is 1. The van der Waals surface area contributed by atoms with Crippen LogP contribution in [0.4, 0.5) is 4.79 Å². The van der Waals surface area contributed by atoms with Gasteiger partial charge in [0.15, 0.2) is 0 Å². The van der Waals surface area contributed by atoms with Gasteiger partial charge >= 0.3 is 12.1 Å². The molecule has 2 aliphatic carbocycles. The summed E-state index contributed by atoms with van der Waals surface area (Å²) in [5.41, 5.74) is 1.12. The third kappa shape index (κ3) is 2.57. The van der Waals surface area contributed by atoms with E-state index in [1.807, 2.05) is 26.0 Å². The third-order valence-electron chi connectivity index (χ3n) is 4.45. The van der Waals surface area contributed by atoms with Gasteiger partial charge in [-0.3, -0.25) is 0 Å². The number of aromatic nitrogens is 1. The van der Waals surface area contributed by atoms with Crippen molar-refractivity contribution in [3.63, 3.8) is 0 Å². The molecule has 8 nitrogen and oxygen atoms in total. The molecule has 2 bridgehead atoms. The molecule has 130 valence electrons. The quantitative estimate of drug-likeness (QED) is 0.607. The van der Waals surface area contributed by atoms with Gasteiger partial charge in [0.1, 0.15) is 6.04 Å². The number of fused-ring (bicyclic) bond motifs is 5. The van der Waals surface area contributed by atoms with Gasteiger partial charge in [0.25, 0.3) is 0 Å². The molecule has 2 aliphatic rings. The molecule has 0 aliphatic heterocycles. The zero-order valence-corrected chi connectivity index (χ0v) is 13.4. The molecule has 8 heteroatoms. The second-order valence-electron chi connectivity index (χ2n) is 6.65. The van der Waals surface area contributed by atoms with E-state index in [1.54, 1.807) is 0 Å². The highest BCUT2D eigenvalue weighted by molar-refractivity contribution is 5.80. The van der Waals surface area contributed by atoms with Crippen molar-refractivity contribution in [3.05, 3.63) is 23.3 Å². The highest BCUT2D eigenvalue weighted by Gasteiger charge is 2.42. The van der Waals surface area contributed by atoms with Crippen molar-refractivity contribution >= 4 is 12.1 Å². The molecular weight excluding hydrogens is 316 g/mol. The zero-order chi connectivity index (χ0) is 17.6. The molecule has 24 heavy (non-hydrogen) atoms. The number of hydrogen-bond acceptors (Lipinski definition) is 5. The first-order chi connectivity index (χ1) is 11.3. The first-order valence-corrected chi connectivity index (χ1v) is 7.86. The monoisotopic (exact) mass is 336 g/mol. The molecule has 2 unspecified atom stereocenters. The van der Waals surface area contributed by atoms with Crippen LogP contribution in [0, 0.1) is 5.92 Å². The van der Waals surface area contributed by atoms with E-state index in [0.717, 1.165) is 6.42 Å². The number of hydrogen-bond donors (Lipinski definition) is 4. The lowest BCUT2D eigenvalue weighted by molar-refractivity contribution is -0.139. The SMILES string of the molecule is CC(C)C[C@H](NC(=O)On1c(O)c2c(c1O)C1C=CC2C1)C(=O)O. The molecule has 1 amide bonds. The topological polar surface area (TPSA) is 121 Å². The van der Waals surface area contributed by atoms with Crippen molar-refractivity contribution in [3.8, 4) is 11.8 Å². The summed E-state index contributed by atoms with van der Waals surface area (Å²) in [6.07, 6.45) is 3.86. The Hall–Kier alpha value is -2.64. The highest BCUT2D eigenvalue weighted by atomic mass is 16.7. The summed E-state index contributed by atoms with van der Waals surface area (Å²) in [5, 5.41) is 31.8. The lowest BCUT2D eigenvalue weighted by Gasteiger charge is -2.16. The van der Waals surface area contributed by atoms with Gasteiger partial charge in [0, 0.05) is 23.0 Å². The summed E-state index contributed by atoms with van der Waals surface area (Å²) >= 11 is 0. The third-order valence-corrected chi connectivity index (χ3v) is 4.45. The lowest BCUT2D eigenvalue weighted by Crippen LogP contribution is -2.44. The normalized spacial score (nSPS) is 21.8. The summed E-state index contributed by atoms with van der Waals surface area (Å²) < 4.78 is 0.653. The second-order valence-corrected chi connectivity index (χ2v) is 6.65. The average molecular weight is 336 g/mol. The minimum absolute atomic E-state index is 0.00322. The molecule has 0 spiro atoms. The Kier molecular flexibility index (Phi) is 3.90. The molecule has 0 aromatic carbocycles. The van der Waals surface area contributed by atoms with Gasteiger partial charge < -0.3 is 25.5 Å². The Morgan fingerprint density at radius 1 is 1.25 bits per heavy atom. The smallest absolute Gasteiger partial charge is 0.432 e. The molecule has 0 saturated carbocycles. The Balaban J connectivity index is 1.75. The molecule has 3 atom stereocenters. The second kappa shape index (κ2) is 5.77. The molecule has 1 aromatic heterocycles. The van der Waals surface area contributed by atoms with Crippen molar-refractivity contribution in [1.82, 2.24) is 10.0 Å². The highest BCUT2D eigenvalue weighted by Crippen LogP contribution is 2.56. The van der Waals surface area contributed by atoms with Crippen LogP contribution < -0.4 is 10.2 Å². The molecule has 0 saturated heterocycles. The van der Waals surface area contributed by atoms with Gasteiger partial charge in [-0.1, -0.05) is 26.0 Å². The zero-order valence-electron chi connectivity index (χ0n) is 13.4. The van der Waals surface area contributed by atoms with Crippen LogP contribution >= 0.6 is 0 Å². The summed E-state index contributed by atoms with van der Waals surface area (Å²) in [6.45, 7) is 3.67. The van der Waals surface area contributed by atoms with E-state index in [-0.39, 0.29) is 35.9 Å². The van der Waals surface area contributed by atoms with E-state index in [4.69, 9.17) is 9.94 Å². The van der Waals surface area contributed by atoms with E-state index in [9.17, 15) is 19.8 Å². The fraction of sp³-hybridized carbons (Fsp3) is 0.500. The van der Waals surface area contributed by atoms with Gasteiger partial charge in [-0.05, 0) is 18.8 Å². The van der Waals surface area contributed by atoms with Crippen LogP contribution in [-0.2, 0) is 4.79 Å². The van der Waals surface area contributed by atoms with Crippen molar-refractivity contribution < 1.29 is 29.7 Å². The number of rotatable bonds is 5. The molecule has 4 N–H and O–H groups in total. The maximum absolute atomic E-state index is 12.0. The molecule has 3 rings (SSSR count). The summed E-state index contributed by atoms with van der Waals surface area (Å²) in [7, 11) is 0. The number of carbonyl (C=O) groups is 2. The van der Waals surface area contributed by atoms with Gasteiger partial charge in [0.2, 0.25) is 11.8 Å². The fourth-order valence-corrected chi connectivity index (χ4v) is 3.45. The number of aromatic hydroxyl groups is 2. The van der Waals surface area contributed by atoms with E-state index < -0.39 is 18.1 Å². The predicted molar refractivity (Wildman–Crippen MR) is 83.0 cm³/mol. The molecule has 1 heterocycles. The largest absolute Gasteiger partial charge is 0.492 e. The molecule has 0 radical (unpaired) electrons. The first-order valence-electron chi connectivity index (χ1n) is 7.86. The Morgan fingerprint density at radius 2 is 1.79 bits per heavy atom. The first kappa shape index (κ1) is 16.2. The maximum Gasteiger partial charge on any atom is 0.432 e. The fourth-order valence-electron chi connectivity index (χ4n) is 3.45. The van der Waals surface area contributed by atoms with E-state index in [0.29, 0.717) is 15.9 Å². The molecule has 0 fully saturated rings. The Morgan fingerprint density at radius 3 is 2.25 bits per heavy atom. The van der Waals surface area contributed by atoms with Gasteiger partial charge in [-0.25, -0.2) is 9.59 Å². The van der Waals surface area contributed by atoms with Crippen molar-refractivity contribution in [1.29, 1.82) is 0 Å². The summed E-state index contributed by atoms with van der Waals surface area (Å²) in [4.78, 5) is 28.1. The van der Waals surface area contributed by atoms with Crippen molar-refractivity contribution in [2.75, 3.05) is 0 Å². The van der Waals surface area contributed by atoms with Crippen LogP contribution in [0.3, 0.4) is 0 Å². The van der Waals surface area contributed by atoms with E-state index in [2.05, 4.69) is 5.32 Å². The number of carboxylic acid groups (broad SMARTS) is 1. The predicted octanol–water partition coefficient (Wildman–Crippen LogP) is 1.68. The summed E-state index contributed by atoms with van der Waals surface area (Å²) in [5.74, 6) is -1.78. The number of carboxylic acids is 1. The Labute approximate surface area is 138 Å². The number of nitrogens with zero attached hydrogens (tertiary/aromatic N) is 1. The van der Waals surface area contributed by atoms with Gasteiger partial charge in [-0.2, -0.15) is 0 Å². The minimum atomic E-state index is -1.17. The van der Waals surface area contributed by atoms with Crippen molar-refractivity contribution in [2.24, 2.45) is 5.92 Å². The molecule has 1 aromatic rings. The maximum atomic E-state index is 12.0. The van der Waals surface area contributed by atoms with Crippen LogP contribution in [-0.4, -0.2) is 38.2 Å².